The van der Waals surface area contributed by atoms with E-state index in [1.165, 1.54) is 16.9 Å². The van der Waals surface area contributed by atoms with Crippen LogP contribution < -0.4 is 5.43 Å². The van der Waals surface area contributed by atoms with Gasteiger partial charge < -0.3 is 0 Å². The number of fused-ring (bicyclic) bond motifs is 1. The van der Waals surface area contributed by atoms with Crippen molar-refractivity contribution in [1.82, 2.24) is 5.43 Å². The second kappa shape index (κ2) is 7.02. The number of amides is 1. The van der Waals surface area contributed by atoms with Crippen LogP contribution in [-0.2, 0) is 12.8 Å². The second-order valence-corrected chi connectivity index (χ2v) is 6.94. The van der Waals surface area contributed by atoms with Crippen LogP contribution in [0.15, 0.2) is 11.2 Å². The summed E-state index contributed by atoms with van der Waals surface area (Å²) in [6.45, 7) is 6.40. The number of carbonyl (C=O) groups is 1. The van der Waals surface area contributed by atoms with Crippen molar-refractivity contribution in [1.29, 1.82) is 0 Å². The Labute approximate surface area is 125 Å². The van der Waals surface area contributed by atoms with Gasteiger partial charge in [-0.2, -0.15) is 5.10 Å². The molecule has 0 saturated heterocycles. The Kier molecular flexibility index (Phi) is 5.35. The van der Waals surface area contributed by atoms with Gasteiger partial charge in [-0.1, -0.05) is 20.3 Å². The Morgan fingerprint density at radius 2 is 2.35 bits per heavy atom. The number of nitrogens with one attached hydrogen (secondary N) is 1. The molecule has 0 saturated carbocycles. The molecule has 4 heteroatoms. The maximum absolute atomic E-state index is 12.1. The lowest BCUT2D eigenvalue weighted by atomic mass is 9.90. The summed E-state index contributed by atoms with van der Waals surface area (Å²) in [5.74, 6) is 0.676. The van der Waals surface area contributed by atoms with Gasteiger partial charge in [-0.25, -0.2) is 5.43 Å². The van der Waals surface area contributed by atoms with Crippen molar-refractivity contribution in [3.05, 3.63) is 21.4 Å². The standard InChI is InChI=1S/C16H24N2OS/c1-4-5-6-12(3)17-18-16(19)15-10-13-9-11(2)7-8-14(13)20-15/h10-11H,4-9H2,1-3H3,(H,18,19)/b17-12+. The van der Waals surface area contributed by atoms with Crippen LogP contribution in [0.3, 0.4) is 0 Å². The van der Waals surface area contributed by atoms with E-state index < -0.39 is 0 Å². The Balaban J connectivity index is 1.96. The van der Waals surface area contributed by atoms with E-state index >= 15 is 0 Å². The molecule has 1 heterocycles. The topological polar surface area (TPSA) is 41.5 Å². The monoisotopic (exact) mass is 292 g/mol. The van der Waals surface area contributed by atoms with Crippen LogP contribution in [0.4, 0.5) is 0 Å². The fourth-order valence-electron chi connectivity index (χ4n) is 2.51. The minimum absolute atomic E-state index is 0.0621. The minimum Gasteiger partial charge on any atom is -0.266 e. The Morgan fingerprint density at radius 1 is 1.55 bits per heavy atom. The molecule has 1 atom stereocenters. The Morgan fingerprint density at radius 3 is 3.10 bits per heavy atom. The summed E-state index contributed by atoms with van der Waals surface area (Å²) >= 11 is 1.63. The molecule has 0 fully saturated rings. The molecule has 0 radical (unpaired) electrons. The number of aryl methyl sites for hydroxylation is 1. The number of rotatable bonds is 5. The molecule has 3 nitrogen and oxygen atoms in total. The number of hydrogen-bond donors (Lipinski definition) is 1. The van der Waals surface area contributed by atoms with Gasteiger partial charge in [-0.15, -0.1) is 11.3 Å². The first-order chi connectivity index (χ1) is 9.60. The number of hydrazone groups is 1. The molecule has 1 aliphatic rings. The van der Waals surface area contributed by atoms with Crippen LogP contribution in [0.25, 0.3) is 0 Å². The molecule has 20 heavy (non-hydrogen) atoms. The van der Waals surface area contributed by atoms with E-state index in [1.807, 2.05) is 6.92 Å². The highest BCUT2D eigenvalue weighted by Gasteiger charge is 2.20. The Hall–Kier alpha value is -1.16. The number of carbonyl (C=O) groups excluding carboxylic acids is 1. The highest BCUT2D eigenvalue weighted by Crippen LogP contribution is 2.32. The molecule has 0 aromatic carbocycles. The van der Waals surface area contributed by atoms with Crippen molar-refractivity contribution in [2.75, 3.05) is 0 Å². The maximum atomic E-state index is 12.1. The number of thiophene rings is 1. The number of nitrogens with zero attached hydrogens (tertiary/aromatic N) is 1. The summed E-state index contributed by atoms with van der Waals surface area (Å²) < 4.78 is 0. The van der Waals surface area contributed by atoms with Crippen molar-refractivity contribution in [2.24, 2.45) is 11.0 Å². The summed E-state index contributed by atoms with van der Waals surface area (Å²) in [4.78, 5) is 14.3. The van der Waals surface area contributed by atoms with E-state index in [-0.39, 0.29) is 5.91 Å². The highest BCUT2D eigenvalue weighted by molar-refractivity contribution is 7.14. The minimum atomic E-state index is -0.0621. The second-order valence-electron chi connectivity index (χ2n) is 5.80. The quantitative estimate of drug-likeness (QED) is 0.642. The first-order valence-electron chi connectivity index (χ1n) is 7.55. The van der Waals surface area contributed by atoms with Gasteiger partial charge in [0.1, 0.15) is 0 Å². The summed E-state index contributed by atoms with van der Waals surface area (Å²) in [6, 6.07) is 2.06. The predicted octanol–water partition coefficient (Wildman–Crippen LogP) is 4.17. The molecule has 1 amide bonds. The third-order valence-electron chi connectivity index (χ3n) is 3.79. The molecular formula is C16H24N2OS. The van der Waals surface area contributed by atoms with Crippen LogP contribution in [0, 0.1) is 5.92 Å². The van der Waals surface area contributed by atoms with E-state index in [0.717, 1.165) is 48.6 Å². The normalized spacial score (nSPS) is 18.8. The molecule has 0 spiro atoms. The van der Waals surface area contributed by atoms with Crippen molar-refractivity contribution in [3.63, 3.8) is 0 Å². The summed E-state index contributed by atoms with van der Waals surface area (Å²) in [5, 5.41) is 4.18. The SMILES string of the molecule is CCCC/C(C)=N/NC(=O)c1cc2c(s1)CCC(C)C2. The zero-order valence-electron chi connectivity index (χ0n) is 12.7. The zero-order chi connectivity index (χ0) is 14.5. The van der Waals surface area contributed by atoms with E-state index in [9.17, 15) is 4.79 Å². The first-order valence-corrected chi connectivity index (χ1v) is 8.37. The molecule has 1 aromatic heterocycles. The lowest BCUT2D eigenvalue weighted by molar-refractivity contribution is 0.0958. The van der Waals surface area contributed by atoms with Gasteiger partial charge in [0.15, 0.2) is 0 Å². The van der Waals surface area contributed by atoms with Gasteiger partial charge in [-0.05, 0) is 56.6 Å². The van der Waals surface area contributed by atoms with Crippen LogP contribution in [-0.4, -0.2) is 11.6 Å². The lowest BCUT2D eigenvalue weighted by Gasteiger charge is -2.16. The van der Waals surface area contributed by atoms with Gasteiger partial charge in [0, 0.05) is 10.6 Å². The van der Waals surface area contributed by atoms with Gasteiger partial charge in [-0.3, -0.25) is 4.79 Å². The van der Waals surface area contributed by atoms with Crippen LogP contribution in [0.1, 0.15) is 66.6 Å². The highest BCUT2D eigenvalue weighted by atomic mass is 32.1. The van der Waals surface area contributed by atoms with Crippen molar-refractivity contribution in [3.8, 4) is 0 Å². The van der Waals surface area contributed by atoms with Crippen molar-refractivity contribution < 1.29 is 4.79 Å². The summed E-state index contributed by atoms with van der Waals surface area (Å²) in [6.07, 6.45) is 6.69. The van der Waals surface area contributed by atoms with Gasteiger partial charge in [0.25, 0.3) is 5.91 Å². The van der Waals surface area contributed by atoms with Crippen LogP contribution in [0.5, 0.6) is 0 Å². The van der Waals surface area contributed by atoms with E-state index in [2.05, 4.69) is 30.4 Å². The summed E-state index contributed by atoms with van der Waals surface area (Å²) in [7, 11) is 0. The predicted molar refractivity (Wildman–Crippen MR) is 85.6 cm³/mol. The Bertz CT molecular complexity index is 505. The van der Waals surface area contributed by atoms with Gasteiger partial charge in [0.05, 0.1) is 4.88 Å². The van der Waals surface area contributed by atoms with Gasteiger partial charge in [0.2, 0.25) is 0 Å². The third kappa shape index (κ3) is 3.92. The molecule has 0 bridgehead atoms. The zero-order valence-corrected chi connectivity index (χ0v) is 13.5. The number of unbranched alkanes of at least 4 members (excludes halogenated alkanes) is 1. The summed E-state index contributed by atoms with van der Waals surface area (Å²) in [5.41, 5.74) is 5.05. The van der Waals surface area contributed by atoms with E-state index in [0.29, 0.717) is 0 Å². The fourth-order valence-corrected chi connectivity index (χ4v) is 3.61. The maximum Gasteiger partial charge on any atom is 0.281 e. The molecule has 2 rings (SSSR count). The van der Waals surface area contributed by atoms with E-state index in [4.69, 9.17) is 0 Å². The molecule has 0 aliphatic heterocycles. The fraction of sp³-hybridized carbons (Fsp3) is 0.625. The van der Waals surface area contributed by atoms with Crippen LogP contribution in [0.2, 0.25) is 0 Å². The third-order valence-corrected chi connectivity index (χ3v) is 5.03. The first kappa shape index (κ1) is 15.2. The molecule has 1 N–H and O–H groups in total. The van der Waals surface area contributed by atoms with E-state index in [1.54, 1.807) is 11.3 Å². The average molecular weight is 292 g/mol. The molecule has 1 aromatic rings. The largest absolute Gasteiger partial charge is 0.281 e. The molecule has 110 valence electrons. The molecule has 1 unspecified atom stereocenters. The molecular weight excluding hydrogens is 268 g/mol. The van der Waals surface area contributed by atoms with Crippen molar-refractivity contribution >= 4 is 23.0 Å². The number of hydrogen-bond acceptors (Lipinski definition) is 3. The smallest absolute Gasteiger partial charge is 0.266 e. The average Bonchev–Trinajstić information content (AvgIpc) is 2.85. The molecule has 1 aliphatic carbocycles. The lowest BCUT2D eigenvalue weighted by Crippen LogP contribution is -2.17. The van der Waals surface area contributed by atoms with Gasteiger partial charge >= 0.3 is 0 Å². The van der Waals surface area contributed by atoms with Crippen molar-refractivity contribution in [2.45, 2.75) is 59.3 Å². The van der Waals surface area contributed by atoms with Crippen LogP contribution >= 0.6 is 11.3 Å².